The summed E-state index contributed by atoms with van der Waals surface area (Å²) in [5.41, 5.74) is 0.421. The number of unbranched alkanes of at least 4 members (excludes halogenated alkanes) is 3. The second kappa shape index (κ2) is 10.1. The summed E-state index contributed by atoms with van der Waals surface area (Å²) in [6.07, 6.45) is 12.5. The van der Waals surface area contributed by atoms with Gasteiger partial charge in [-0.3, -0.25) is 0 Å². The predicted octanol–water partition coefficient (Wildman–Crippen LogP) is 8.80. The molecule has 0 spiro atoms. The Balaban J connectivity index is 1.49. The van der Waals surface area contributed by atoms with Crippen molar-refractivity contribution >= 4 is 5.57 Å². The summed E-state index contributed by atoms with van der Waals surface area (Å²) in [5.74, 6) is 1.20. The van der Waals surface area contributed by atoms with Crippen LogP contribution in [-0.4, -0.2) is 0 Å². The highest BCUT2D eigenvalue weighted by Gasteiger charge is 2.34. The van der Waals surface area contributed by atoms with E-state index in [0.29, 0.717) is 11.5 Å². The highest BCUT2D eigenvalue weighted by Crippen LogP contribution is 2.42. The summed E-state index contributed by atoms with van der Waals surface area (Å²) in [4.78, 5) is 0. The molecule has 2 aliphatic rings. The molecule has 0 amide bonds. The van der Waals surface area contributed by atoms with E-state index in [4.69, 9.17) is 0 Å². The molecular formula is C25H34F4. The van der Waals surface area contributed by atoms with Crippen LogP contribution < -0.4 is 0 Å². The average molecular weight is 411 g/mol. The van der Waals surface area contributed by atoms with Crippen LogP contribution in [0.15, 0.2) is 24.3 Å². The number of halogens is 4. The van der Waals surface area contributed by atoms with E-state index >= 15 is 0 Å². The summed E-state index contributed by atoms with van der Waals surface area (Å²) in [5, 5.41) is 0. The molecule has 3 rings (SSSR count). The highest BCUT2D eigenvalue weighted by molar-refractivity contribution is 5.66. The molecule has 0 aromatic heterocycles. The number of hydrogen-bond donors (Lipinski definition) is 0. The SMILES string of the molecule is CCCCCCC1CCC(C2CC=C(c3ccc(C(F)(F)F)c(F)c3)CC2)CC1. The number of allylic oxidation sites excluding steroid dienone is 2. The topological polar surface area (TPSA) is 0 Å². The zero-order valence-corrected chi connectivity index (χ0v) is 17.5. The zero-order valence-electron chi connectivity index (χ0n) is 17.5. The van der Waals surface area contributed by atoms with Crippen molar-refractivity contribution in [2.75, 3.05) is 0 Å². The molecule has 0 bridgehead atoms. The Hall–Kier alpha value is -1.32. The van der Waals surface area contributed by atoms with Gasteiger partial charge in [0.15, 0.2) is 0 Å². The first-order valence-electron chi connectivity index (χ1n) is 11.4. The fourth-order valence-electron chi connectivity index (χ4n) is 5.30. The van der Waals surface area contributed by atoms with Gasteiger partial charge in [0.05, 0.1) is 5.56 Å². The van der Waals surface area contributed by atoms with Crippen LogP contribution >= 0.6 is 0 Å². The summed E-state index contributed by atoms with van der Waals surface area (Å²) < 4.78 is 52.2. The van der Waals surface area contributed by atoms with E-state index in [-0.39, 0.29) is 0 Å². The number of rotatable bonds is 7. The van der Waals surface area contributed by atoms with E-state index in [0.717, 1.165) is 48.8 Å². The average Bonchev–Trinajstić information content (AvgIpc) is 2.71. The number of alkyl halides is 3. The summed E-state index contributed by atoms with van der Waals surface area (Å²) in [6.45, 7) is 2.25. The van der Waals surface area contributed by atoms with Crippen LogP contribution in [-0.2, 0) is 6.18 Å². The molecule has 1 unspecified atom stereocenters. The maximum atomic E-state index is 13.9. The van der Waals surface area contributed by atoms with Crippen molar-refractivity contribution in [1.29, 1.82) is 0 Å². The first kappa shape index (κ1) is 22.4. The van der Waals surface area contributed by atoms with Crippen LogP contribution in [0.1, 0.15) is 95.1 Å². The second-order valence-corrected chi connectivity index (χ2v) is 9.09. The fourth-order valence-corrected chi connectivity index (χ4v) is 5.30. The van der Waals surface area contributed by atoms with Gasteiger partial charge < -0.3 is 0 Å². The third kappa shape index (κ3) is 6.08. The van der Waals surface area contributed by atoms with Gasteiger partial charge in [0, 0.05) is 0 Å². The lowest BCUT2D eigenvalue weighted by Gasteiger charge is -2.35. The quantitative estimate of drug-likeness (QED) is 0.311. The third-order valence-electron chi connectivity index (χ3n) is 7.12. The van der Waals surface area contributed by atoms with Gasteiger partial charge in [-0.1, -0.05) is 64.0 Å². The Morgan fingerprint density at radius 1 is 0.931 bits per heavy atom. The van der Waals surface area contributed by atoms with Crippen LogP contribution in [0.2, 0.25) is 0 Å². The monoisotopic (exact) mass is 410 g/mol. The van der Waals surface area contributed by atoms with Crippen LogP contribution in [0.3, 0.4) is 0 Å². The van der Waals surface area contributed by atoms with E-state index in [1.807, 2.05) is 0 Å². The standard InChI is InChI=1S/C25H34F4/c1-2-3-4-5-6-18-7-9-19(10-8-18)20-11-13-21(14-12-20)22-15-16-23(24(26)17-22)25(27,28)29/h13,15-20H,2-12,14H2,1H3. The summed E-state index contributed by atoms with van der Waals surface area (Å²) in [6, 6.07) is 3.35. The lowest BCUT2D eigenvalue weighted by Crippen LogP contribution is -2.23. The molecule has 29 heavy (non-hydrogen) atoms. The Labute approximate surface area is 172 Å². The first-order chi connectivity index (χ1) is 13.9. The predicted molar refractivity (Wildman–Crippen MR) is 111 cm³/mol. The van der Waals surface area contributed by atoms with Crippen LogP contribution in [0.5, 0.6) is 0 Å². The van der Waals surface area contributed by atoms with Gasteiger partial charge >= 0.3 is 6.18 Å². The van der Waals surface area contributed by atoms with E-state index in [2.05, 4.69) is 13.0 Å². The summed E-state index contributed by atoms with van der Waals surface area (Å²) in [7, 11) is 0. The second-order valence-electron chi connectivity index (χ2n) is 9.09. The number of hydrogen-bond acceptors (Lipinski definition) is 0. The minimum atomic E-state index is -4.64. The molecule has 1 aromatic rings. The molecular weight excluding hydrogens is 376 g/mol. The third-order valence-corrected chi connectivity index (χ3v) is 7.12. The highest BCUT2D eigenvalue weighted by atomic mass is 19.4. The van der Waals surface area contributed by atoms with E-state index < -0.39 is 17.6 Å². The molecule has 2 aliphatic carbocycles. The van der Waals surface area contributed by atoms with Crippen LogP contribution in [0.25, 0.3) is 5.57 Å². The van der Waals surface area contributed by atoms with Crippen molar-refractivity contribution in [3.8, 4) is 0 Å². The molecule has 0 nitrogen and oxygen atoms in total. The molecule has 0 aliphatic heterocycles. The Bertz CT molecular complexity index is 681. The van der Waals surface area contributed by atoms with Crippen molar-refractivity contribution in [2.45, 2.75) is 90.1 Å². The van der Waals surface area contributed by atoms with Gasteiger partial charge in [0.2, 0.25) is 0 Å². The number of benzene rings is 1. The maximum Gasteiger partial charge on any atom is 0.419 e. The van der Waals surface area contributed by atoms with E-state index in [1.165, 1.54) is 63.9 Å². The van der Waals surface area contributed by atoms with Crippen LogP contribution in [0, 0.1) is 23.6 Å². The van der Waals surface area contributed by atoms with Gasteiger partial charge in [-0.05, 0) is 73.1 Å². The van der Waals surface area contributed by atoms with Crippen molar-refractivity contribution < 1.29 is 17.6 Å². The molecule has 162 valence electrons. The van der Waals surface area contributed by atoms with E-state index in [1.54, 1.807) is 0 Å². The smallest absolute Gasteiger partial charge is 0.206 e. The molecule has 1 atom stereocenters. The van der Waals surface area contributed by atoms with Gasteiger partial charge in [0.25, 0.3) is 0 Å². The van der Waals surface area contributed by atoms with Crippen LogP contribution in [0.4, 0.5) is 17.6 Å². The maximum absolute atomic E-state index is 13.9. The lowest BCUT2D eigenvalue weighted by molar-refractivity contribution is -0.140. The van der Waals surface area contributed by atoms with Gasteiger partial charge in [-0.15, -0.1) is 0 Å². The minimum Gasteiger partial charge on any atom is -0.206 e. The fraction of sp³-hybridized carbons (Fsp3) is 0.680. The molecule has 1 fully saturated rings. The van der Waals surface area contributed by atoms with Gasteiger partial charge in [0.1, 0.15) is 5.82 Å². The van der Waals surface area contributed by atoms with Gasteiger partial charge in [-0.2, -0.15) is 13.2 Å². The van der Waals surface area contributed by atoms with Crippen molar-refractivity contribution in [2.24, 2.45) is 17.8 Å². The van der Waals surface area contributed by atoms with Crippen molar-refractivity contribution in [3.63, 3.8) is 0 Å². The largest absolute Gasteiger partial charge is 0.419 e. The molecule has 0 radical (unpaired) electrons. The van der Waals surface area contributed by atoms with Gasteiger partial charge in [-0.25, -0.2) is 4.39 Å². The zero-order chi connectivity index (χ0) is 20.9. The minimum absolute atomic E-state index is 0.602. The summed E-state index contributed by atoms with van der Waals surface area (Å²) >= 11 is 0. The molecule has 0 saturated heterocycles. The molecule has 0 heterocycles. The molecule has 4 heteroatoms. The first-order valence-corrected chi connectivity index (χ1v) is 11.4. The Morgan fingerprint density at radius 3 is 2.28 bits per heavy atom. The molecule has 1 saturated carbocycles. The normalized spacial score (nSPS) is 25.7. The lowest BCUT2D eigenvalue weighted by atomic mass is 9.70. The molecule has 0 N–H and O–H groups in total. The van der Waals surface area contributed by atoms with Crippen molar-refractivity contribution in [1.82, 2.24) is 0 Å². The Morgan fingerprint density at radius 2 is 1.69 bits per heavy atom. The molecule has 1 aromatic carbocycles. The van der Waals surface area contributed by atoms with Crippen molar-refractivity contribution in [3.05, 3.63) is 41.2 Å². The van der Waals surface area contributed by atoms with E-state index in [9.17, 15) is 17.6 Å². The Kier molecular flexibility index (Phi) is 7.81.